The van der Waals surface area contributed by atoms with Crippen LogP contribution in [0.15, 0.2) is 10.6 Å². The maximum absolute atomic E-state index is 11.5. The summed E-state index contributed by atoms with van der Waals surface area (Å²) in [7, 11) is 0. The monoisotopic (exact) mass is 256 g/mol. The topological polar surface area (TPSA) is 130 Å². The van der Waals surface area contributed by atoms with E-state index in [4.69, 9.17) is 10.2 Å². The molecule has 0 saturated carbocycles. The predicted octanol–water partition coefficient (Wildman–Crippen LogP) is -0.112. The summed E-state index contributed by atoms with van der Waals surface area (Å²) in [5.74, 6) is -3.87. The average molecular weight is 256 g/mol. The highest BCUT2D eigenvalue weighted by Gasteiger charge is 2.22. The molecule has 1 unspecified atom stereocenters. The Morgan fingerprint density at radius 3 is 2.56 bits per heavy atom. The van der Waals surface area contributed by atoms with Crippen LogP contribution in [0.2, 0.25) is 0 Å². The summed E-state index contributed by atoms with van der Waals surface area (Å²) in [5, 5.41) is 23.0. The lowest BCUT2D eigenvalue weighted by molar-refractivity contribution is -0.148. The molecule has 1 amide bonds. The van der Waals surface area contributed by atoms with Gasteiger partial charge in [-0.05, 0) is 6.92 Å². The molecule has 3 N–H and O–H groups in total. The first-order valence-corrected chi connectivity index (χ1v) is 5.06. The van der Waals surface area contributed by atoms with Gasteiger partial charge in [0.15, 0.2) is 5.69 Å². The predicted molar refractivity (Wildman–Crippen MR) is 57.0 cm³/mol. The Labute approximate surface area is 102 Å². The first kappa shape index (κ1) is 13.7. The molecule has 0 aromatic carbocycles. The Hall–Kier alpha value is -2.38. The highest BCUT2D eigenvalue weighted by atomic mass is 16.5. The number of carbonyl (C=O) groups is 3. The number of hydrogen-bond donors (Lipinski definition) is 3. The third kappa shape index (κ3) is 3.89. The Balaban J connectivity index is 2.54. The van der Waals surface area contributed by atoms with Crippen LogP contribution in [0.3, 0.4) is 0 Å². The Morgan fingerprint density at radius 1 is 1.44 bits per heavy atom. The van der Waals surface area contributed by atoms with Crippen molar-refractivity contribution in [2.75, 3.05) is 6.54 Å². The van der Waals surface area contributed by atoms with Gasteiger partial charge in [-0.25, -0.2) is 0 Å². The van der Waals surface area contributed by atoms with Crippen molar-refractivity contribution >= 4 is 17.8 Å². The van der Waals surface area contributed by atoms with Crippen molar-refractivity contribution in [1.82, 2.24) is 10.5 Å². The molecule has 1 atom stereocenters. The number of rotatable bonds is 6. The van der Waals surface area contributed by atoms with Crippen molar-refractivity contribution in [3.05, 3.63) is 17.5 Å². The summed E-state index contributed by atoms with van der Waals surface area (Å²) < 4.78 is 4.68. The summed E-state index contributed by atoms with van der Waals surface area (Å²) in [6, 6.07) is 1.39. The number of nitrogens with one attached hydrogen (secondary N) is 1. The van der Waals surface area contributed by atoms with Gasteiger partial charge in [0, 0.05) is 12.6 Å². The summed E-state index contributed by atoms with van der Waals surface area (Å²) >= 11 is 0. The van der Waals surface area contributed by atoms with E-state index in [-0.39, 0.29) is 12.2 Å². The summed E-state index contributed by atoms with van der Waals surface area (Å²) in [6.45, 7) is 1.32. The zero-order valence-electron chi connectivity index (χ0n) is 9.54. The number of nitrogens with zero attached hydrogens (tertiary/aromatic N) is 1. The first-order chi connectivity index (χ1) is 8.40. The maximum Gasteiger partial charge on any atom is 0.308 e. The minimum Gasteiger partial charge on any atom is -0.481 e. The van der Waals surface area contributed by atoms with Crippen LogP contribution in [0, 0.1) is 12.8 Å². The third-order valence-corrected chi connectivity index (χ3v) is 2.14. The van der Waals surface area contributed by atoms with Crippen LogP contribution in [-0.4, -0.2) is 39.8 Å². The molecule has 18 heavy (non-hydrogen) atoms. The number of hydrogen-bond acceptors (Lipinski definition) is 5. The number of aryl methyl sites for hydroxylation is 1. The molecule has 0 aliphatic carbocycles. The van der Waals surface area contributed by atoms with Gasteiger partial charge in [-0.2, -0.15) is 0 Å². The van der Waals surface area contributed by atoms with Gasteiger partial charge in [-0.15, -0.1) is 0 Å². The van der Waals surface area contributed by atoms with Gasteiger partial charge in [0.05, 0.1) is 12.3 Å². The SMILES string of the molecule is Cc1cc(C(=O)NCC(CC(=O)O)C(=O)O)no1. The molecular formula is C10H12N2O6. The van der Waals surface area contributed by atoms with E-state index in [9.17, 15) is 14.4 Å². The average Bonchev–Trinajstić information content (AvgIpc) is 2.69. The molecule has 1 rings (SSSR count). The fraction of sp³-hybridized carbons (Fsp3) is 0.400. The van der Waals surface area contributed by atoms with Crippen molar-refractivity contribution in [2.24, 2.45) is 5.92 Å². The molecule has 0 saturated heterocycles. The van der Waals surface area contributed by atoms with Gasteiger partial charge < -0.3 is 20.1 Å². The molecule has 1 heterocycles. The van der Waals surface area contributed by atoms with Gasteiger partial charge in [0.1, 0.15) is 5.76 Å². The molecule has 0 aliphatic heterocycles. The Bertz CT molecular complexity index is 467. The Kier molecular flexibility index (Phi) is 4.41. The summed E-state index contributed by atoms with van der Waals surface area (Å²) in [5.41, 5.74) is 0.0203. The minimum absolute atomic E-state index is 0.0203. The standard InChI is InChI=1S/C10H12N2O6/c1-5-2-7(12-18-5)9(15)11-4-6(10(16)17)3-8(13)14/h2,6H,3-4H2,1H3,(H,11,15)(H,13,14)(H,16,17). The number of carbonyl (C=O) groups excluding carboxylic acids is 1. The lowest BCUT2D eigenvalue weighted by atomic mass is 10.1. The highest BCUT2D eigenvalue weighted by molar-refractivity contribution is 5.92. The number of carboxylic acid groups (broad SMARTS) is 2. The number of aliphatic carboxylic acids is 2. The van der Waals surface area contributed by atoms with Crippen molar-refractivity contribution in [3.63, 3.8) is 0 Å². The normalized spacial score (nSPS) is 11.8. The van der Waals surface area contributed by atoms with Crippen LogP contribution < -0.4 is 5.32 Å². The van der Waals surface area contributed by atoms with Gasteiger partial charge in [-0.1, -0.05) is 5.16 Å². The van der Waals surface area contributed by atoms with Crippen LogP contribution in [-0.2, 0) is 9.59 Å². The summed E-state index contributed by atoms with van der Waals surface area (Å²) in [6.07, 6.45) is -0.562. The van der Waals surface area contributed by atoms with Crippen LogP contribution in [0.25, 0.3) is 0 Å². The Morgan fingerprint density at radius 2 is 2.11 bits per heavy atom. The van der Waals surface area contributed by atoms with E-state index in [0.29, 0.717) is 5.76 Å². The zero-order valence-corrected chi connectivity index (χ0v) is 9.54. The van der Waals surface area contributed by atoms with Gasteiger partial charge >= 0.3 is 11.9 Å². The molecule has 0 fully saturated rings. The first-order valence-electron chi connectivity index (χ1n) is 5.06. The van der Waals surface area contributed by atoms with Gasteiger partial charge in [-0.3, -0.25) is 14.4 Å². The van der Waals surface area contributed by atoms with Crippen molar-refractivity contribution in [2.45, 2.75) is 13.3 Å². The third-order valence-electron chi connectivity index (χ3n) is 2.14. The van der Waals surface area contributed by atoms with Gasteiger partial charge in [0.2, 0.25) is 0 Å². The zero-order chi connectivity index (χ0) is 13.7. The second-order valence-corrected chi connectivity index (χ2v) is 3.67. The van der Waals surface area contributed by atoms with Crippen LogP contribution >= 0.6 is 0 Å². The summed E-state index contributed by atoms with van der Waals surface area (Å²) in [4.78, 5) is 32.7. The lowest BCUT2D eigenvalue weighted by Gasteiger charge is -2.09. The van der Waals surface area contributed by atoms with E-state index < -0.39 is 30.2 Å². The molecule has 8 heteroatoms. The number of carboxylic acids is 2. The fourth-order valence-corrected chi connectivity index (χ4v) is 1.24. The van der Waals surface area contributed by atoms with Gasteiger partial charge in [0.25, 0.3) is 5.91 Å². The van der Waals surface area contributed by atoms with Crippen molar-refractivity contribution < 1.29 is 29.1 Å². The minimum atomic E-state index is -1.28. The smallest absolute Gasteiger partial charge is 0.308 e. The van der Waals surface area contributed by atoms with E-state index in [1.165, 1.54) is 6.07 Å². The van der Waals surface area contributed by atoms with Crippen LogP contribution in [0.1, 0.15) is 22.7 Å². The quantitative estimate of drug-likeness (QED) is 0.647. The maximum atomic E-state index is 11.5. The molecule has 98 valence electrons. The number of amides is 1. The van der Waals surface area contributed by atoms with E-state index >= 15 is 0 Å². The lowest BCUT2D eigenvalue weighted by Crippen LogP contribution is -2.34. The molecular weight excluding hydrogens is 244 g/mol. The second-order valence-electron chi connectivity index (χ2n) is 3.67. The molecule has 0 bridgehead atoms. The van der Waals surface area contributed by atoms with E-state index in [1.54, 1.807) is 6.92 Å². The van der Waals surface area contributed by atoms with Crippen molar-refractivity contribution in [1.29, 1.82) is 0 Å². The second kappa shape index (κ2) is 5.80. The molecule has 0 aliphatic rings. The molecule has 1 aromatic rings. The molecule has 8 nitrogen and oxygen atoms in total. The molecule has 0 radical (unpaired) electrons. The fourth-order valence-electron chi connectivity index (χ4n) is 1.24. The highest BCUT2D eigenvalue weighted by Crippen LogP contribution is 2.04. The van der Waals surface area contributed by atoms with E-state index in [1.807, 2.05) is 0 Å². The number of aromatic nitrogens is 1. The van der Waals surface area contributed by atoms with Crippen LogP contribution in [0.4, 0.5) is 0 Å². The molecule has 1 aromatic heterocycles. The van der Waals surface area contributed by atoms with E-state index in [2.05, 4.69) is 15.0 Å². The van der Waals surface area contributed by atoms with Crippen molar-refractivity contribution in [3.8, 4) is 0 Å². The molecule has 0 spiro atoms. The van der Waals surface area contributed by atoms with Crippen LogP contribution in [0.5, 0.6) is 0 Å². The van der Waals surface area contributed by atoms with E-state index in [0.717, 1.165) is 0 Å². The largest absolute Gasteiger partial charge is 0.481 e.